The fraction of sp³-hybridized carbons (Fsp3) is 0.385. The highest BCUT2D eigenvalue weighted by Gasteiger charge is 2.13. The number of nitrogens with one attached hydrogen (secondary N) is 1. The van der Waals surface area contributed by atoms with Gasteiger partial charge in [-0.3, -0.25) is 9.59 Å². The van der Waals surface area contributed by atoms with Gasteiger partial charge in [-0.1, -0.05) is 30.3 Å². The molecule has 0 heterocycles. The van der Waals surface area contributed by atoms with Crippen LogP contribution < -0.4 is 11.1 Å². The number of nitrogens with two attached hydrogens (primary N) is 1. The van der Waals surface area contributed by atoms with Crippen LogP contribution in [0.5, 0.6) is 0 Å². The summed E-state index contributed by atoms with van der Waals surface area (Å²) in [6.45, 7) is 0.341. The molecule has 0 aliphatic heterocycles. The van der Waals surface area contributed by atoms with Gasteiger partial charge < -0.3 is 16.2 Å². The summed E-state index contributed by atoms with van der Waals surface area (Å²) in [7, 11) is 0. The maximum Gasteiger partial charge on any atom is 0.303 e. The minimum absolute atomic E-state index is 0.0498. The number of benzene rings is 1. The zero-order valence-electron chi connectivity index (χ0n) is 10.1. The first-order valence-corrected chi connectivity index (χ1v) is 5.88. The predicted molar refractivity (Wildman–Crippen MR) is 68.0 cm³/mol. The minimum atomic E-state index is -0.863. The average Bonchev–Trinajstić information content (AvgIpc) is 2.35. The molecule has 0 saturated heterocycles. The lowest BCUT2D eigenvalue weighted by molar-refractivity contribution is -0.137. The Kier molecular flexibility index (Phi) is 5.87. The highest BCUT2D eigenvalue weighted by Crippen LogP contribution is 2.01. The van der Waals surface area contributed by atoms with Gasteiger partial charge in [0.1, 0.15) is 0 Å². The van der Waals surface area contributed by atoms with E-state index in [1.54, 1.807) is 0 Å². The van der Waals surface area contributed by atoms with Gasteiger partial charge in [0.15, 0.2) is 0 Å². The lowest BCUT2D eigenvalue weighted by atomic mass is 10.1. The molecule has 1 atom stereocenters. The summed E-state index contributed by atoms with van der Waals surface area (Å²) in [5, 5.41) is 11.1. The summed E-state index contributed by atoms with van der Waals surface area (Å²) < 4.78 is 0. The number of carbonyl (C=O) groups is 2. The van der Waals surface area contributed by atoms with Crippen LogP contribution in [0.2, 0.25) is 0 Å². The van der Waals surface area contributed by atoms with E-state index in [2.05, 4.69) is 5.32 Å². The Morgan fingerprint density at radius 3 is 2.56 bits per heavy atom. The molecule has 0 aromatic heterocycles. The Bertz CT molecular complexity index is 392. The fourth-order valence-electron chi connectivity index (χ4n) is 1.54. The molecule has 0 saturated carbocycles. The molecule has 1 aromatic rings. The monoisotopic (exact) mass is 250 g/mol. The van der Waals surface area contributed by atoms with Gasteiger partial charge in [0, 0.05) is 13.0 Å². The van der Waals surface area contributed by atoms with E-state index >= 15 is 0 Å². The Morgan fingerprint density at radius 2 is 1.94 bits per heavy atom. The van der Waals surface area contributed by atoms with E-state index in [-0.39, 0.29) is 12.3 Å². The van der Waals surface area contributed by atoms with Gasteiger partial charge >= 0.3 is 5.97 Å². The normalized spacial score (nSPS) is 11.8. The molecular formula is C13H18N2O3. The first-order valence-electron chi connectivity index (χ1n) is 5.88. The summed E-state index contributed by atoms with van der Waals surface area (Å²) in [4.78, 5) is 21.9. The molecular weight excluding hydrogens is 232 g/mol. The predicted octanol–water partition coefficient (Wildman–Crippen LogP) is 0.537. The van der Waals surface area contributed by atoms with Crippen molar-refractivity contribution in [2.75, 3.05) is 6.54 Å². The minimum Gasteiger partial charge on any atom is -0.481 e. The topological polar surface area (TPSA) is 92.4 Å². The summed E-state index contributed by atoms with van der Waals surface area (Å²) in [5.41, 5.74) is 6.77. The van der Waals surface area contributed by atoms with Crippen LogP contribution in [0.3, 0.4) is 0 Å². The van der Waals surface area contributed by atoms with E-state index in [1.807, 2.05) is 30.3 Å². The number of hydrogen-bond donors (Lipinski definition) is 3. The molecule has 1 aromatic carbocycles. The van der Waals surface area contributed by atoms with Crippen LogP contribution in [0.15, 0.2) is 30.3 Å². The van der Waals surface area contributed by atoms with Crippen molar-refractivity contribution in [3.05, 3.63) is 35.9 Å². The molecule has 18 heavy (non-hydrogen) atoms. The van der Waals surface area contributed by atoms with Crippen molar-refractivity contribution in [2.45, 2.75) is 25.3 Å². The van der Waals surface area contributed by atoms with Gasteiger partial charge in [0.05, 0.1) is 6.04 Å². The number of rotatable bonds is 7. The molecule has 0 aliphatic carbocycles. The number of hydrogen-bond acceptors (Lipinski definition) is 3. The molecule has 0 bridgehead atoms. The van der Waals surface area contributed by atoms with Gasteiger partial charge in [-0.2, -0.15) is 0 Å². The second-order valence-electron chi connectivity index (χ2n) is 4.08. The third kappa shape index (κ3) is 5.45. The van der Waals surface area contributed by atoms with Crippen LogP contribution in [-0.4, -0.2) is 29.6 Å². The van der Waals surface area contributed by atoms with Crippen LogP contribution in [0, 0.1) is 0 Å². The molecule has 0 aliphatic rings. The smallest absolute Gasteiger partial charge is 0.303 e. The third-order valence-electron chi connectivity index (χ3n) is 2.50. The Morgan fingerprint density at radius 1 is 1.28 bits per heavy atom. The number of carbonyl (C=O) groups excluding carboxylic acids is 1. The molecule has 1 amide bonds. The number of carboxylic acid groups (broad SMARTS) is 1. The third-order valence-corrected chi connectivity index (χ3v) is 2.50. The molecule has 4 N–H and O–H groups in total. The van der Waals surface area contributed by atoms with Gasteiger partial charge in [-0.05, 0) is 18.4 Å². The maximum atomic E-state index is 11.6. The van der Waals surface area contributed by atoms with Crippen molar-refractivity contribution < 1.29 is 14.7 Å². The lowest BCUT2D eigenvalue weighted by Gasteiger charge is -2.11. The standard InChI is InChI=1S/C13H18N2O3/c14-11(9-10-5-2-1-3-6-10)13(18)15-8-4-7-12(16)17/h1-3,5-6,11H,4,7-9,14H2,(H,15,18)(H,16,17)/t11-/m0/s1. The lowest BCUT2D eigenvalue weighted by Crippen LogP contribution is -2.42. The van der Waals surface area contributed by atoms with Crippen LogP contribution in [0.25, 0.3) is 0 Å². The molecule has 0 radical (unpaired) electrons. The van der Waals surface area contributed by atoms with Gasteiger partial charge in [0.2, 0.25) is 5.91 Å². The van der Waals surface area contributed by atoms with Crippen molar-refractivity contribution in [3.8, 4) is 0 Å². The molecule has 5 nitrogen and oxygen atoms in total. The Labute approximate surface area is 106 Å². The summed E-state index contributed by atoms with van der Waals surface area (Å²) in [6, 6.07) is 8.92. The number of amides is 1. The van der Waals surface area contributed by atoms with Gasteiger partial charge in [0.25, 0.3) is 0 Å². The van der Waals surface area contributed by atoms with Crippen LogP contribution in [0.1, 0.15) is 18.4 Å². The van der Waals surface area contributed by atoms with Crippen molar-refractivity contribution in [3.63, 3.8) is 0 Å². The van der Waals surface area contributed by atoms with Crippen LogP contribution >= 0.6 is 0 Å². The number of aliphatic carboxylic acids is 1. The summed E-state index contributed by atoms with van der Waals surface area (Å²) in [6.07, 6.45) is 0.943. The molecule has 0 spiro atoms. The Hall–Kier alpha value is -1.88. The van der Waals surface area contributed by atoms with Crippen molar-refractivity contribution >= 4 is 11.9 Å². The average molecular weight is 250 g/mol. The van der Waals surface area contributed by atoms with Crippen molar-refractivity contribution in [1.82, 2.24) is 5.32 Å². The van der Waals surface area contributed by atoms with Crippen LogP contribution in [0.4, 0.5) is 0 Å². The SMILES string of the molecule is N[C@@H](Cc1ccccc1)C(=O)NCCCC(=O)O. The first-order chi connectivity index (χ1) is 8.59. The zero-order chi connectivity index (χ0) is 13.4. The second-order valence-corrected chi connectivity index (χ2v) is 4.08. The molecule has 98 valence electrons. The van der Waals surface area contributed by atoms with Crippen LogP contribution in [-0.2, 0) is 16.0 Å². The quantitative estimate of drug-likeness (QED) is 0.616. The molecule has 5 heteroatoms. The second kappa shape index (κ2) is 7.45. The summed E-state index contributed by atoms with van der Waals surface area (Å²) >= 11 is 0. The maximum absolute atomic E-state index is 11.6. The largest absolute Gasteiger partial charge is 0.481 e. The van der Waals surface area contributed by atoms with Gasteiger partial charge in [-0.25, -0.2) is 0 Å². The molecule has 0 fully saturated rings. The van der Waals surface area contributed by atoms with Crippen molar-refractivity contribution in [1.29, 1.82) is 0 Å². The summed E-state index contributed by atoms with van der Waals surface area (Å²) in [5.74, 6) is -1.11. The fourth-order valence-corrected chi connectivity index (χ4v) is 1.54. The molecule has 0 unspecified atom stereocenters. The van der Waals surface area contributed by atoms with Crippen molar-refractivity contribution in [2.24, 2.45) is 5.73 Å². The zero-order valence-corrected chi connectivity index (χ0v) is 10.1. The van der Waals surface area contributed by atoms with E-state index in [0.29, 0.717) is 19.4 Å². The van der Waals surface area contributed by atoms with E-state index in [0.717, 1.165) is 5.56 Å². The van der Waals surface area contributed by atoms with E-state index in [4.69, 9.17) is 10.8 Å². The van der Waals surface area contributed by atoms with E-state index in [9.17, 15) is 9.59 Å². The van der Waals surface area contributed by atoms with E-state index in [1.165, 1.54) is 0 Å². The highest BCUT2D eigenvalue weighted by molar-refractivity contribution is 5.81. The first kappa shape index (κ1) is 14.2. The number of carboxylic acids is 1. The Balaban J connectivity index is 2.27. The molecule has 1 rings (SSSR count). The highest BCUT2D eigenvalue weighted by atomic mass is 16.4. The van der Waals surface area contributed by atoms with Gasteiger partial charge in [-0.15, -0.1) is 0 Å². The van der Waals surface area contributed by atoms with E-state index < -0.39 is 12.0 Å².